The maximum absolute atomic E-state index is 2.86. The molecule has 3 nitrogen and oxygen atoms in total. The number of nitrogens with zero attached hydrogens (tertiary/aromatic N) is 3. The number of hydrogen-bond acceptors (Lipinski definition) is 3. The zero-order chi connectivity index (χ0) is 58.5. The van der Waals surface area contributed by atoms with E-state index in [0.717, 1.165) is 25.7 Å². The summed E-state index contributed by atoms with van der Waals surface area (Å²) in [6, 6.07) is 60.9. The first kappa shape index (κ1) is 54.2. The summed E-state index contributed by atoms with van der Waals surface area (Å²) >= 11 is 0. The molecule has 6 aliphatic rings. The molecule has 8 aromatic carbocycles. The number of aryl methyl sites for hydroxylation is 1. The Hall–Kier alpha value is -6.78. The van der Waals surface area contributed by atoms with Crippen LogP contribution in [0, 0.1) is 6.92 Å². The normalized spacial score (nSPS) is 21.9. The molecule has 0 saturated heterocycles. The Morgan fingerprint density at radius 2 is 0.867 bits per heavy atom. The fourth-order valence-corrected chi connectivity index (χ4v) is 17.9. The molecule has 0 aromatic heterocycles. The van der Waals surface area contributed by atoms with Gasteiger partial charge in [0.15, 0.2) is 0 Å². The van der Waals surface area contributed by atoms with Gasteiger partial charge in [0.25, 0.3) is 6.71 Å². The van der Waals surface area contributed by atoms with E-state index in [1.165, 1.54) is 141 Å². The van der Waals surface area contributed by atoms with Crippen molar-refractivity contribution in [3.63, 3.8) is 0 Å². The Kier molecular flexibility index (Phi) is 11.5. The minimum atomic E-state index is -0.196. The van der Waals surface area contributed by atoms with Gasteiger partial charge in [-0.2, -0.15) is 0 Å². The van der Waals surface area contributed by atoms with Crippen LogP contribution in [0.25, 0.3) is 22.3 Å². The quantitative estimate of drug-likeness (QED) is 0.159. The molecular formula is C79H88BN3. The Morgan fingerprint density at radius 1 is 0.398 bits per heavy atom. The smallest absolute Gasteiger partial charge is 0.252 e. The van der Waals surface area contributed by atoms with Gasteiger partial charge >= 0.3 is 0 Å². The van der Waals surface area contributed by atoms with E-state index in [1.54, 1.807) is 0 Å². The molecule has 1 fully saturated rings. The largest absolute Gasteiger partial charge is 0.334 e. The van der Waals surface area contributed by atoms with Gasteiger partial charge in [-0.15, -0.1) is 0 Å². The van der Waals surface area contributed by atoms with Crippen molar-refractivity contribution in [2.24, 2.45) is 0 Å². The molecule has 4 heteroatoms. The highest BCUT2D eigenvalue weighted by Gasteiger charge is 2.59. The van der Waals surface area contributed by atoms with Crippen LogP contribution < -0.4 is 31.1 Å². The second kappa shape index (κ2) is 17.7. The van der Waals surface area contributed by atoms with Gasteiger partial charge in [0.1, 0.15) is 0 Å². The second-order valence-corrected chi connectivity index (χ2v) is 31.6. The molecule has 0 bridgehead atoms. The first-order valence-corrected chi connectivity index (χ1v) is 31.5. The summed E-state index contributed by atoms with van der Waals surface area (Å²) in [5, 5.41) is 0. The van der Waals surface area contributed by atoms with Crippen molar-refractivity contribution in [2.45, 2.75) is 200 Å². The Labute approximate surface area is 498 Å². The van der Waals surface area contributed by atoms with Gasteiger partial charge in [-0.1, -0.05) is 214 Å². The number of fused-ring (bicyclic) bond motifs is 9. The highest BCUT2D eigenvalue weighted by Crippen LogP contribution is 2.63. The molecule has 83 heavy (non-hydrogen) atoms. The highest BCUT2D eigenvalue weighted by atomic mass is 15.3. The van der Waals surface area contributed by atoms with E-state index in [1.807, 2.05) is 0 Å². The molecule has 8 aromatic rings. The molecule has 3 aliphatic carbocycles. The predicted octanol–water partition coefficient (Wildman–Crippen LogP) is 19.7. The standard InChI is InChI=1S/C79H88BN3/c1-49-38-53(72(2,3)4)31-34-64(49)81-67-45-59-57(74(8,9)47-76(59,12)13)43-62(67)80-63-44-58-60(77(14,15)48-75(58,10)11)46-68(63)82(65-35-32-54(73(5,6)7)40-56(65)51-28-22-19-23-29-51)70-42-55(41-69(81)71(70)80)83-66-33-30-52(50-26-20-18-21-27-50)39-61(66)78(16)36-24-25-37-79(78,83)17/h18-23,26-35,38-46H,24-25,36-37,47-48H2,1-17H3. The van der Waals surface area contributed by atoms with Gasteiger partial charge < -0.3 is 14.7 Å². The molecule has 2 unspecified atom stereocenters. The Bertz CT molecular complexity index is 4010. The van der Waals surface area contributed by atoms with Gasteiger partial charge in [0.2, 0.25) is 0 Å². The predicted molar refractivity (Wildman–Crippen MR) is 358 cm³/mol. The van der Waals surface area contributed by atoms with Crippen LogP contribution in [0.3, 0.4) is 0 Å². The van der Waals surface area contributed by atoms with Gasteiger partial charge in [-0.25, -0.2) is 0 Å². The van der Waals surface area contributed by atoms with Crippen LogP contribution in [-0.4, -0.2) is 12.3 Å². The molecule has 0 amide bonds. The average molecular weight is 1090 g/mol. The van der Waals surface area contributed by atoms with Crippen molar-refractivity contribution < 1.29 is 0 Å². The summed E-state index contributed by atoms with van der Waals surface area (Å²) in [5.74, 6) is 0. The molecule has 1 saturated carbocycles. The first-order valence-electron chi connectivity index (χ1n) is 31.5. The van der Waals surface area contributed by atoms with Gasteiger partial charge in [-0.3, -0.25) is 0 Å². The molecule has 0 radical (unpaired) electrons. The molecule has 2 atom stereocenters. The van der Waals surface area contributed by atoms with Gasteiger partial charge in [-0.05, 0) is 204 Å². The molecule has 14 rings (SSSR count). The number of anilines is 8. The van der Waals surface area contributed by atoms with Crippen molar-refractivity contribution in [1.29, 1.82) is 0 Å². The van der Waals surface area contributed by atoms with Crippen molar-refractivity contribution >= 4 is 68.6 Å². The molecule has 3 aliphatic heterocycles. The summed E-state index contributed by atoms with van der Waals surface area (Å²) in [6.07, 6.45) is 6.90. The fourth-order valence-electron chi connectivity index (χ4n) is 17.9. The minimum absolute atomic E-state index is 0.000219. The molecule has 3 heterocycles. The highest BCUT2D eigenvalue weighted by molar-refractivity contribution is 7.00. The van der Waals surface area contributed by atoms with E-state index in [2.05, 4.69) is 284 Å². The minimum Gasteiger partial charge on any atom is -0.334 e. The lowest BCUT2D eigenvalue weighted by molar-refractivity contribution is 0.195. The summed E-state index contributed by atoms with van der Waals surface area (Å²) in [7, 11) is 0. The van der Waals surface area contributed by atoms with E-state index in [4.69, 9.17) is 0 Å². The first-order chi connectivity index (χ1) is 39.0. The van der Waals surface area contributed by atoms with Crippen molar-refractivity contribution in [2.75, 3.05) is 14.7 Å². The lowest BCUT2D eigenvalue weighted by atomic mass is 9.33. The van der Waals surface area contributed by atoms with Crippen molar-refractivity contribution in [3.8, 4) is 22.3 Å². The summed E-state index contributed by atoms with van der Waals surface area (Å²) in [4.78, 5) is 8.41. The lowest BCUT2D eigenvalue weighted by Crippen LogP contribution is -2.62. The SMILES string of the molecule is Cc1cc(C(C)(C)C)ccc1N1c2cc3c(cc2B2c4cc5c(cc4N(c4ccc(C(C)(C)C)cc4-c4ccccc4)c4cc(N6c7ccc(-c8ccccc8)cc7C7(C)CCCCC67C)cc1c42)C(C)(C)CC5(C)C)C(C)(C)CC3(C)C. The maximum Gasteiger partial charge on any atom is 0.252 e. The third kappa shape index (κ3) is 7.88. The van der Waals surface area contributed by atoms with Crippen LogP contribution >= 0.6 is 0 Å². The fraction of sp³-hybridized carbons (Fsp3) is 0.392. The lowest BCUT2D eigenvalue weighted by Gasteiger charge is -2.51. The summed E-state index contributed by atoms with van der Waals surface area (Å²) in [6.45, 7) is 41.8. The number of rotatable bonds is 5. The van der Waals surface area contributed by atoms with E-state index in [-0.39, 0.29) is 50.2 Å². The zero-order valence-corrected chi connectivity index (χ0v) is 53.1. The zero-order valence-electron chi connectivity index (χ0n) is 53.1. The molecule has 0 N–H and O–H groups in total. The summed E-state index contributed by atoms with van der Waals surface area (Å²) < 4.78 is 0. The number of benzene rings is 8. The summed E-state index contributed by atoms with van der Waals surface area (Å²) in [5.41, 5.74) is 30.7. The average Bonchev–Trinajstić information content (AvgIpc) is 2.66. The van der Waals surface area contributed by atoms with Crippen LogP contribution in [0.4, 0.5) is 45.5 Å². The molecule has 0 spiro atoms. The van der Waals surface area contributed by atoms with Crippen LogP contribution in [0.2, 0.25) is 0 Å². The Morgan fingerprint density at radius 3 is 1.40 bits per heavy atom. The number of hydrogen-bond donors (Lipinski definition) is 0. The van der Waals surface area contributed by atoms with Gasteiger partial charge in [0.05, 0.1) is 11.2 Å². The molecule has 422 valence electrons. The van der Waals surface area contributed by atoms with Gasteiger partial charge in [0, 0.05) is 50.8 Å². The van der Waals surface area contributed by atoms with Crippen molar-refractivity contribution in [1.82, 2.24) is 0 Å². The van der Waals surface area contributed by atoms with E-state index >= 15 is 0 Å². The van der Waals surface area contributed by atoms with Crippen molar-refractivity contribution in [3.05, 3.63) is 196 Å². The van der Waals surface area contributed by atoms with E-state index in [9.17, 15) is 0 Å². The second-order valence-electron chi connectivity index (χ2n) is 31.6. The Balaban J connectivity index is 1.16. The monoisotopic (exact) mass is 1090 g/mol. The maximum atomic E-state index is 2.86. The third-order valence-corrected chi connectivity index (χ3v) is 22.0. The van der Waals surface area contributed by atoms with Crippen LogP contribution in [0.1, 0.15) is 194 Å². The van der Waals surface area contributed by atoms with Crippen LogP contribution in [0.5, 0.6) is 0 Å². The van der Waals surface area contributed by atoms with E-state index in [0.29, 0.717) is 0 Å². The van der Waals surface area contributed by atoms with Crippen LogP contribution in [0.15, 0.2) is 152 Å². The van der Waals surface area contributed by atoms with Crippen LogP contribution in [-0.2, 0) is 37.9 Å². The topological polar surface area (TPSA) is 9.72 Å². The van der Waals surface area contributed by atoms with E-state index < -0.39 is 0 Å². The molecular weight excluding hydrogens is 1000 g/mol. The third-order valence-electron chi connectivity index (χ3n) is 22.0.